The summed E-state index contributed by atoms with van der Waals surface area (Å²) in [5.74, 6) is 0.764. The molecule has 0 unspecified atom stereocenters. The van der Waals surface area contributed by atoms with Crippen LogP contribution < -0.4 is 20.1 Å². The number of anilines is 1. The lowest BCUT2D eigenvalue weighted by molar-refractivity contribution is -0.118. The molecule has 30 heavy (non-hydrogen) atoms. The van der Waals surface area contributed by atoms with E-state index in [4.69, 9.17) is 21.1 Å². The van der Waals surface area contributed by atoms with Crippen LogP contribution in [0.25, 0.3) is 0 Å². The van der Waals surface area contributed by atoms with Crippen molar-refractivity contribution in [1.29, 1.82) is 0 Å². The number of thiophene rings is 1. The second kappa shape index (κ2) is 11.0. The molecule has 0 aliphatic carbocycles. The van der Waals surface area contributed by atoms with Gasteiger partial charge in [0, 0.05) is 34.7 Å². The Balaban J connectivity index is 1.60. The van der Waals surface area contributed by atoms with E-state index in [2.05, 4.69) is 22.1 Å². The van der Waals surface area contributed by atoms with Gasteiger partial charge in [0.2, 0.25) is 0 Å². The molecular formula is C23H25ClN2O3S. The summed E-state index contributed by atoms with van der Waals surface area (Å²) in [5.41, 5.74) is 2.77. The molecule has 2 N–H and O–H groups in total. The molecule has 0 aliphatic heterocycles. The first-order chi connectivity index (χ1) is 14.5. The molecule has 0 bridgehead atoms. The molecule has 2 aromatic carbocycles. The molecule has 0 atom stereocenters. The summed E-state index contributed by atoms with van der Waals surface area (Å²) in [6.07, 6.45) is 0. The Morgan fingerprint density at radius 1 is 1.07 bits per heavy atom. The fourth-order valence-corrected chi connectivity index (χ4v) is 3.70. The minimum absolute atomic E-state index is 0.139. The lowest BCUT2D eigenvalue weighted by atomic mass is 10.2. The standard InChI is InChI=1S/C23H25ClN2O3S/c1-3-28-21-11-17(13-25-14-19-5-4-10-30-19)20(24)12-22(21)29-15-23(27)26-18-8-6-16(2)7-9-18/h4-12,25H,3,13-15H2,1-2H3,(H,26,27). The molecule has 3 rings (SSSR count). The molecule has 0 fully saturated rings. The number of rotatable bonds is 10. The van der Waals surface area contributed by atoms with E-state index in [-0.39, 0.29) is 12.5 Å². The van der Waals surface area contributed by atoms with Gasteiger partial charge in [0.1, 0.15) is 0 Å². The number of nitrogens with one attached hydrogen (secondary N) is 2. The SMILES string of the molecule is CCOc1cc(CNCc2cccs2)c(Cl)cc1OCC(=O)Nc1ccc(C)cc1. The van der Waals surface area contributed by atoms with Crippen LogP contribution in [0.1, 0.15) is 22.9 Å². The summed E-state index contributed by atoms with van der Waals surface area (Å²) in [5, 5.41) is 8.81. The fraction of sp³-hybridized carbons (Fsp3) is 0.261. The van der Waals surface area contributed by atoms with Gasteiger partial charge in [0.15, 0.2) is 18.1 Å². The van der Waals surface area contributed by atoms with E-state index < -0.39 is 0 Å². The average molecular weight is 445 g/mol. The number of carbonyl (C=O) groups is 1. The van der Waals surface area contributed by atoms with Crippen molar-refractivity contribution in [3.63, 3.8) is 0 Å². The van der Waals surface area contributed by atoms with Crippen LogP contribution in [0.2, 0.25) is 5.02 Å². The normalized spacial score (nSPS) is 10.6. The zero-order chi connectivity index (χ0) is 21.3. The Labute approximate surface area is 186 Å². The van der Waals surface area contributed by atoms with Gasteiger partial charge >= 0.3 is 0 Å². The van der Waals surface area contributed by atoms with Gasteiger partial charge in [0.25, 0.3) is 5.91 Å². The van der Waals surface area contributed by atoms with E-state index in [0.29, 0.717) is 29.7 Å². The monoisotopic (exact) mass is 444 g/mol. The van der Waals surface area contributed by atoms with Crippen LogP contribution in [-0.2, 0) is 17.9 Å². The van der Waals surface area contributed by atoms with E-state index in [9.17, 15) is 4.79 Å². The molecule has 5 nitrogen and oxygen atoms in total. The van der Waals surface area contributed by atoms with Gasteiger partial charge in [-0.25, -0.2) is 0 Å². The van der Waals surface area contributed by atoms with Crippen LogP contribution in [0, 0.1) is 6.92 Å². The van der Waals surface area contributed by atoms with Crippen LogP contribution in [0.5, 0.6) is 11.5 Å². The fourth-order valence-electron chi connectivity index (χ4n) is 2.80. The maximum absolute atomic E-state index is 12.2. The molecular weight excluding hydrogens is 420 g/mol. The Hall–Kier alpha value is -2.54. The van der Waals surface area contributed by atoms with Crippen molar-refractivity contribution in [2.75, 3.05) is 18.5 Å². The first-order valence-electron chi connectivity index (χ1n) is 9.72. The van der Waals surface area contributed by atoms with Gasteiger partial charge in [-0.15, -0.1) is 11.3 Å². The van der Waals surface area contributed by atoms with E-state index in [1.165, 1.54) is 4.88 Å². The van der Waals surface area contributed by atoms with Crippen LogP contribution in [-0.4, -0.2) is 19.1 Å². The van der Waals surface area contributed by atoms with Crippen molar-refractivity contribution in [2.24, 2.45) is 0 Å². The van der Waals surface area contributed by atoms with Crippen LogP contribution in [0.4, 0.5) is 5.69 Å². The molecule has 158 valence electrons. The van der Waals surface area contributed by atoms with Crippen LogP contribution >= 0.6 is 22.9 Å². The number of halogens is 1. The Kier molecular flexibility index (Phi) is 8.13. The van der Waals surface area contributed by atoms with E-state index >= 15 is 0 Å². The Morgan fingerprint density at radius 3 is 2.53 bits per heavy atom. The van der Waals surface area contributed by atoms with Gasteiger partial charge in [-0.05, 0) is 49.1 Å². The molecule has 7 heteroatoms. The third-order valence-corrected chi connectivity index (χ3v) is 5.53. The smallest absolute Gasteiger partial charge is 0.262 e. The molecule has 0 aliphatic rings. The number of benzene rings is 2. The van der Waals surface area contributed by atoms with Gasteiger partial charge < -0.3 is 20.1 Å². The quantitative estimate of drug-likeness (QED) is 0.438. The first kappa shape index (κ1) is 22.2. The summed E-state index contributed by atoms with van der Waals surface area (Å²) < 4.78 is 11.4. The maximum Gasteiger partial charge on any atom is 0.262 e. The second-order valence-electron chi connectivity index (χ2n) is 6.71. The lowest BCUT2D eigenvalue weighted by Crippen LogP contribution is -2.20. The van der Waals surface area contributed by atoms with Gasteiger partial charge in [-0.2, -0.15) is 0 Å². The van der Waals surface area contributed by atoms with Crippen molar-refractivity contribution >= 4 is 34.5 Å². The topological polar surface area (TPSA) is 59.6 Å². The number of amides is 1. The zero-order valence-corrected chi connectivity index (χ0v) is 18.6. The minimum Gasteiger partial charge on any atom is -0.490 e. The second-order valence-corrected chi connectivity index (χ2v) is 8.15. The zero-order valence-electron chi connectivity index (χ0n) is 17.0. The number of aryl methyl sites for hydroxylation is 1. The van der Waals surface area contributed by atoms with Crippen LogP contribution in [0.3, 0.4) is 0 Å². The lowest BCUT2D eigenvalue weighted by Gasteiger charge is -2.15. The van der Waals surface area contributed by atoms with E-state index in [0.717, 1.165) is 23.4 Å². The molecule has 0 radical (unpaired) electrons. The molecule has 1 heterocycles. The molecule has 0 saturated heterocycles. The molecule has 1 amide bonds. The van der Waals surface area contributed by atoms with Crippen molar-refractivity contribution < 1.29 is 14.3 Å². The first-order valence-corrected chi connectivity index (χ1v) is 11.0. The predicted molar refractivity (Wildman–Crippen MR) is 123 cm³/mol. The van der Waals surface area contributed by atoms with Gasteiger partial charge in [-0.1, -0.05) is 35.4 Å². The minimum atomic E-state index is -0.251. The summed E-state index contributed by atoms with van der Waals surface area (Å²) >= 11 is 8.16. The van der Waals surface area contributed by atoms with E-state index in [1.807, 2.05) is 50.2 Å². The summed E-state index contributed by atoms with van der Waals surface area (Å²) in [6, 6.07) is 15.3. The third kappa shape index (κ3) is 6.49. The van der Waals surface area contributed by atoms with Crippen LogP contribution in [0.15, 0.2) is 53.9 Å². The number of carbonyl (C=O) groups excluding carboxylic acids is 1. The Morgan fingerprint density at radius 2 is 1.83 bits per heavy atom. The average Bonchev–Trinajstić information content (AvgIpc) is 3.24. The van der Waals surface area contributed by atoms with Crippen molar-refractivity contribution in [3.8, 4) is 11.5 Å². The van der Waals surface area contributed by atoms with E-state index in [1.54, 1.807) is 17.4 Å². The summed E-state index contributed by atoms with van der Waals surface area (Å²) in [4.78, 5) is 13.5. The summed E-state index contributed by atoms with van der Waals surface area (Å²) in [6.45, 7) is 5.61. The predicted octanol–water partition coefficient (Wildman–Crippen LogP) is 5.42. The molecule has 0 saturated carbocycles. The highest BCUT2D eigenvalue weighted by molar-refractivity contribution is 7.09. The number of hydrogen-bond donors (Lipinski definition) is 2. The number of ether oxygens (including phenoxy) is 2. The Bertz CT molecular complexity index is 959. The van der Waals surface area contributed by atoms with Gasteiger partial charge in [-0.3, -0.25) is 4.79 Å². The highest BCUT2D eigenvalue weighted by atomic mass is 35.5. The van der Waals surface area contributed by atoms with Crippen molar-refractivity contribution in [2.45, 2.75) is 26.9 Å². The maximum atomic E-state index is 12.2. The van der Waals surface area contributed by atoms with Gasteiger partial charge in [0.05, 0.1) is 6.61 Å². The van der Waals surface area contributed by atoms with Crippen molar-refractivity contribution in [3.05, 3.63) is 74.9 Å². The molecule has 3 aromatic rings. The summed E-state index contributed by atoms with van der Waals surface area (Å²) in [7, 11) is 0. The number of hydrogen-bond acceptors (Lipinski definition) is 5. The van der Waals surface area contributed by atoms with Crippen molar-refractivity contribution in [1.82, 2.24) is 5.32 Å². The highest BCUT2D eigenvalue weighted by Gasteiger charge is 2.13. The molecule has 0 spiro atoms. The molecule has 1 aromatic heterocycles. The highest BCUT2D eigenvalue weighted by Crippen LogP contribution is 2.34. The third-order valence-electron chi connectivity index (χ3n) is 4.30. The largest absolute Gasteiger partial charge is 0.490 e.